The Kier molecular flexibility index (Phi) is 3.76. The van der Waals surface area contributed by atoms with Crippen molar-refractivity contribution >= 4 is 11.7 Å². The van der Waals surface area contributed by atoms with Crippen molar-refractivity contribution < 1.29 is 14.8 Å². The van der Waals surface area contributed by atoms with Gasteiger partial charge in [-0.05, 0) is 11.1 Å². The topological polar surface area (TPSA) is 83.3 Å². The van der Waals surface area contributed by atoms with Gasteiger partial charge in [-0.25, -0.2) is 0 Å². The Morgan fingerprint density at radius 3 is 2.24 bits per heavy atom. The lowest BCUT2D eigenvalue weighted by atomic mass is 9.76. The zero-order chi connectivity index (χ0) is 15.6. The van der Waals surface area contributed by atoms with Gasteiger partial charge in [0.1, 0.15) is 0 Å². The van der Waals surface area contributed by atoms with Crippen LogP contribution in [0.25, 0.3) is 0 Å². The Bertz CT molecular complexity index is 693. The van der Waals surface area contributed by atoms with Gasteiger partial charge in [-0.3, -0.25) is 10.1 Å². The van der Waals surface area contributed by atoms with Crippen molar-refractivity contribution in [2.75, 3.05) is 0 Å². The summed E-state index contributed by atoms with van der Waals surface area (Å²) in [5.41, 5.74) is 0.381. The number of carboxylic acids is 1. The molecule has 2 aromatic rings. The second kappa shape index (κ2) is 5.36. The van der Waals surface area contributed by atoms with E-state index in [4.69, 9.17) is 0 Å². The van der Waals surface area contributed by atoms with Crippen molar-refractivity contribution in [1.82, 2.24) is 0 Å². The molecule has 0 unspecified atom stereocenters. The molecule has 0 amide bonds. The van der Waals surface area contributed by atoms with E-state index in [2.05, 4.69) is 0 Å². The van der Waals surface area contributed by atoms with E-state index in [0.29, 0.717) is 5.56 Å². The highest BCUT2D eigenvalue weighted by Gasteiger charge is 2.27. The average Bonchev–Trinajstić information content (AvgIpc) is 2.47. The van der Waals surface area contributed by atoms with Gasteiger partial charge in [0, 0.05) is 23.1 Å². The summed E-state index contributed by atoms with van der Waals surface area (Å²) < 4.78 is 0. The first-order chi connectivity index (χ1) is 9.84. The number of rotatable bonds is 4. The maximum Gasteiger partial charge on any atom is 0.270 e. The van der Waals surface area contributed by atoms with Gasteiger partial charge in [-0.2, -0.15) is 0 Å². The molecule has 0 aromatic heterocycles. The van der Waals surface area contributed by atoms with Crippen molar-refractivity contribution in [3.05, 3.63) is 75.3 Å². The van der Waals surface area contributed by atoms with Crippen LogP contribution >= 0.6 is 0 Å². The number of carboxylic acid groups (broad SMARTS) is 1. The summed E-state index contributed by atoms with van der Waals surface area (Å²) in [5, 5.41) is 22.1. The molecule has 2 aromatic carbocycles. The van der Waals surface area contributed by atoms with Gasteiger partial charge in [0.15, 0.2) is 0 Å². The van der Waals surface area contributed by atoms with E-state index in [1.165, 1.54) is 12.1 Å². The van der Waals surface area contributed by atoms with Gasteiger partial charge >= 0.3 is 0 Å². The molecular formula is C16H14NO4-. The first-order valence-electron chi connectivity index (χ1n) is 6.40. The van der Waals surface area contributed by atoms with Crippen LogP contribution in [0.4, 0.5) is 5.69 Å². The molecule has 0 atom stereocenters. The Labute approximate surface area is 122 Å². The minimum Gasteiger partial charge on any atom is -0.545 e. The van der Waals surface area contributed by atoms with Crippen LogP contribution in [0.3, 0.4) is 0 Å². The van der Waals surface area contributed by atoms with Crippen molar-refractivity contribution in [3.8, 4) is 0 Å². The van der Waals surface area contributed by atoms with Crippen molar-refractivity contribution in [2.24, 2.45) is 0 Å². The van der Waals surface area contributed by atoms with Crippen LogP contribution in [0.1, 0.15) is 35.3 Å². The predicted octanol–water partition coefficient (Wildman–Crippen LogP) is 2.28. The molecule has 0 saturated carbocycles. The molecule has 0 spiro atoms. The summed E-state index contributed by atoms with van der Waals surface area (Å²) in [6.45, 7) is 3.74. The number of nitro benzene ring substituents is 1. The van der Waals surface area contributed by atoms with Gasteiger partial charge in [-0.15, -0.1) is 0 Å². The fourth-order valence-electron chi connectivity index (χ4n) is 2.37. The smallest absolute Gasteiger partial charge is 0.270 e. The third-order valence-electron chi connectivity index (χ3n) is 3.60. The number of benzene rings is 2. The second-order valence-corrected chi connectivity index (χ2v) is 5.27. The second-order valence-electron chi connectivity index (χ2n) is 5.27. The lowest BCUT2D eigenvalue weighted by Gasteiger charge is -2.28. The molecule has 5 nitrogen and oxygen atoms in total. The predicted molar refractivity (Wildman–Crippen MR) is 76.0 cm³/mol. The molecular weight excluding hydrogens is 270 g/mol. The summed E-state index contributed by atoms with van der Waals surface area (Å²) in [5.74, 6) is -1.42. The number of carbonyl (C=O) groups is 1. The average molecular weight is 284 g/mol. The number of carbonyl (C=O) groups excluding carboxylic acids is 1. The maximum absolute atomic E-state index is 11.3. The zero-order valence-corrected chi connectivity index (χ0v) is 11.7. The van der Waals surface area contributed by atoms with E-state index in [1.54, 1.807) is 0 Å². The van der Waals surface area contributed by atoms with Gasteiger partial charge in [-0.1, -0.05) is 50.2 Å². The third-order valence-corrected chi connectivity index (χ3v) is 3.60. The number of non-ortho nitro benzene ring substituents is 1. The van der Waals surface area contributed by atoms with Crippen LogP contribution in [-0.4, -0.2) is 10.9 Å². The van der Waals surface area contributed by atoms with Gasteiger partial charge in [0.05, 0.1) is 10.9 Å². The van der Waals surface area contributed by atoms with Crippen LogP contribution in [0.15, 0.2) is 48.5 Å². The van der Waals surface area contributed by atoms with E-state index < -0.39 is 16.3 Å². The fourth-order valence-corrected chi connectivity index (χ4v) is 2.37. The molecule has 0 aliphatic rings. The Morgan fingerprint density at radius 2 is 1.71 bits per heavy atom. The van der Waals surface area contributed by atoms with E-state index in [1.807, 2.05) is 44.2 Å². The molecule has 21 heavy (non-hydrogen) atoms. The summed E-state index contributed by atoms with van der Waals surface area (Å²) in [6.07, 6.45) is 0. The summed E-state index contributed by atoms with van der Waals surface area (Å²) in [7, 11) is 0. The van der Waals surface area contributed by atoms with Crippen LogP contribution in [0.5, 0.6) is 0 Å². The Hall–Kier alpha value is -2.69. The quantitative estimate of drug-likeness (QED) is 0.637. The highest BCUT2D eigenvalue weighted by molar-refractivity contribution is 5.89. The van der Waals surface area contributed by atoms with Gasteiger partial charge in [0.25, 0.3) is 5.69 Å². The molecule has 0 heterocycles. The third kappa shape index (κ3) is 2.76. The van der Waals surface area contributed by atoms with Crippen molar-refractivity contribution in [3.63, 3.8) is 0 Å². The van der Waals surface area contributed by atoms with Gasteiger partial charge < -0.3 is 9.90 Å². The van der Waals surface area contributed by atoms with Crippen LogP contribution in [0.2, 0.25) is 0 Å². The van der Waals surface area contributed by atoms with Gasteiger partial charge in [0.2, 0.25) is 0 Å². The molecule has 0 N–H and O–H groups in total. The summed E-state index contributed by atoms with van der Waals surface area (Å²) in [4.78, 5) is 21.5. The minimum atomic E-state index is -1.42. The monoisotopic (exact) mass is 284 g/mol. The largest absolute Gasteiger partial charge is 0.545 e. The zero-order valence-electron chi connectivity index (χ0n) is 11.7. The molecule has 0 saturated heterocycles. The SMILES string of the molecule is CC(C)(c1ccccc1)c1ccc([N+](=O)[O-])cc1C(=O)[O-]. The summed E-state index contributed by atoms with van der Waals surface area (Å²) >= 11 is 0. The van der Waals surface area contributed by atoms with Crippen molar-refractivity contribution in [2.45, 2.75) is 19.3 Å². The van der Waals surface area contributed by atoms with Crippen LogP contribution < -0.4 is 5.11 Å². The summed E-state index contributed by atoms with van der Waals surface area (Å²) in [6, 6.07) is 13.2. The lowest BCUT2D eigenvalue weighted by molar-refractivity contribution is -0.385. The molecule has 0 aliphatic heterocycles. The Morgan fingerprint density at radius 1 is 1.10 bits per heavy atom. The highest BCUT2D eigenvalue weighted by Crippen LogP contribution is 2.34. The van der Waals surface area contributed by atoms with Crippen LogP contribution in [0, 0.1) is 10.1 Å². The van der Waals surface area contributed by atoms with E-state index >= 15 is 0 Å². The molecule has 5 heteroatoms. The first-order valence-corrected chi connectivity index (χ1v) is 6.40. The molecule has 2 rings (SSSR count). The minimum absolute atomic E-state index is 0.155. The molecule has 0 aliphatic carbocycles. The van der Waals surface area contributed by atoms with Crippen molar-refractivity contribution in [1.29, 1.82) is 0 Å². The van der Waals surface area contributed by atoms with E-state index in [0.717, 1.165) is 11.6 Å². The highest BCUT2D eigenvalue weighted by atomic mass is 16.6. The number of hydrogen-bond donors (Lipinski definition) is 0. The van der Waals surface area contributed by atoms with Crippen LogP contribution in [-0.2, 0) is 5.41 Å². The maximum atomic E-state index is 11.3. The standard InChI is InChI=1S/C16H15NO4/c1-16(2,11-6-4-3-5-7-11)14-9-8-12(17(20)21)10-13(14)15(18)19/h3-10H,1-2H3,(H,18,19)/p-1. The Balaban J connectivity index is 2.63. The van der Waals surface area contributed by atoms with E-state index in [9.17, 15) is 20.0 Å². The molecule has 0 fully saturated rings. The molecule has 0 radical (unpaired) electrons. The number of nitro groups is 1. The molecule has 0 bridgehead atoms. The molecule has 108 valence electrons. The lowest BCUT2D eigenvalue weighted by Crippen LogP contribution is -2.29. The van der Waals surface area contributed by atoms with E-state index in [-0.39, 0.29) is 11.3 Å². The number of nitrogens with zero attached hydrogens (tertiary/aromatic N) is 1. The number of hydrogen-bond acceptors (Lipinski definition) is 4. The number of aromatic carboxylic acids is 1. The first kappa shape index (κ1) is 14.7. The fraction of sp³-hybridized carbons (Fsp3) is 0.188. The normalized spacial score (nSPS) is 11.1.